The molecule has 1 atom stereocenters. The van der Waals surface area contributed by atoms with Gasteiger partial charge in [0.25, 0.3) is 0 Å². The molecule has 124 valence electrons. The predicted octanol–water partition coefficient (Wildman–Crippen LogP) is 3.58. The third kappa shape index (κ3) is 3.49. The Kier molecular flexibility index (Phi) is 4.96. The van der Waals surface area contributed by atoms with Crippen LogP contribution >= 0.6 is 0 Å². The average molecular weight is 322 g/mol. The summed E-state index contributed by atoms with van der Waals surface area (Å²) in [6, 6.07) is 17.6. The number of rotatable bonds is 6. The molecule has 4 heteroatoms. The number of ether oxygens (including phenoxy) is 1. The zero-order chi connectivity index (χ0) is 16.9. The van der Waals surface area contributed by atoms with Crippen LogP contribution in [0.5, 0.6) is 5.75 Å². The average Bonchev–Trinajstić information content (AvgIpc) is 3.05. The molecule has 0 saturated heterocycles. The zero-order valence-electron chi connectivity index (χ0n) is 14.0. The van der Waals surface area contributed by atoms with Gasteiger partial charge in [-0.25, -0.2) is 0 Å². The second-order valence-electron chi connectivity index (χ2n) is 5.74. The molecule has 0 aliphatic rings. The molecular formula is C20H22N2O2. The largest absolute Gasteiger partial charge is 0.497 e. The molecule has 0 saturated carbocycles. The fourth-order valence-electron chi connectivity index (χ4n) is 2.79. The molecule has 1 heterocycles. The molecule has 0 radical (unpaired) electrons. The minimum atomic E-state index is -0.647. The lowest BCUT2D eigenvalue weighted by molar-refractivity contribution is 0.219. The molecule has 1 unspecified atom stereocenters. The highest BCUT2D eigenvalue weighted by molar-refractivity contribution is 5.32. The first kappa shape index (κ1) is 16.3. The number of nitrogens with zero attached hydrogens (tertiary/aromatic N) is 2. The van der Waals surface area contributed by atoms with E-state index in [-0.39, 0.29) is 0 Å². The number of hydrogen-bond acceptors (Lipinski definition) is 3. The van der Waals surface area contributed by atoms with Crippen molar-refractivity contribution in [2.75, 3.05) is 7.11 Å². The number of aromatic nitrogens is 2. The lowest BCUT2D eigenvalue weighted by Crippen LogP contribution is -2.01. The van der Waals surface area contributed by atoms with Crippen molar-refractivity contribution in [2.45, 2.75) is 26.0 Å². The summed E-state index contributed by atoms with van der Waals surface area (Å²) in [4.78, 5) is 0. The first-order valence-electron chi connectivity index (χ1n) is 8.13. The van der Waals surface area contributed by atoms with Gasteiger partial charge in [-0.3, -0.25) is 4.68 Å². The molecule has 0 amide bonds. The summed E-state index contributed by atoms with van der Waals surface area (Å²) >= 11 is 0. The highest BCUT2D eigenvalue weighted by Crippen LogP contribution is 2.25. The van der Waals surface area contributed by atoms with Crippen LogP contribution < -0.4 is 4.74 Å². The van der Waals surface area contributed by atoms with Gasteiger partial charge in [-0.15, -0.1) is 0 Å². The van der Waals surface area contributed by atoms with E-state index in [0.717, 1.165) is 34.6 Å². The molecular weight excluding hydrogens is 300 g/mol. The van der Waals surface area contributed by atoms with Crippen molar-refractivity contribution in [3.05, 3.63) is 83.2 Å². The van der Waals surface area contributed by atoms with Gasteiger partial charge < -0.3 is 9.84 Å². The van der Waals surface area contributed by atoms with Gasteiger partial charge >= 0.3 is 0 Å². The van der Waals surface area contributed by atoms with Crippen LogP contribution in [-0.2, 0) is 13.0 Å². The molecule has 0 aliphatic heterocycles. The number of aliphatic hydroxyl groups is 1. The number of aryl methyl sites for hydroxylation is 1. The fourth-order valence-corrected chi connectivity index (χ4v) is 2.79. The molecule has 0 aliphatic carbocycles. The molecule has 1 aromatic heterocycles. The number of methoxy groups -OCH3 is 1. The third-order valence-corrected chi connectivity index (χ3v) is 4.12. The summed E-state index contributed by atoms with van der Waals surface area (Å²) in [5, 5.41) is 15.3. The van der Waals surface area contributed by atoms with Crippen molar-refractivity contribution in [1.29, 1.82) is 0 Å². The van der Waals surface area contributed by atoms with Crippen molar-refractivity contribution in [3.8, 4) is 5.75 Å². The Morgan fingerprint density at radius 3 is 2.42 bits per heavy atom. The van der Waals surface area contributed by atoms with Crippen LogP contribution in [0.4, 0.5) is 0 Å². The van der Waals surface area contributed by atoms with Crippen LogP contribution in [0.25, 0.3) is 0 Å². The minimum absolute atomic E-state index is 0.647. The van der Waals surface area contributed by atoms with Gasteiger partial charge in [0.05, 0.1) is 19.3 Å². The van der Waals surface area contributed by atoms with E-state index in [9.17, 15) is 5.11 Å². The zero-order valence-corrected chi connectivity index (χ0v) is 14.0. The van der Waals surface area contributed by atoms with Gasteiger partial charge in [0, 0.05) is 11.8 Å². The van der Waals surface area contributed by atoms with E-state index in [0.29, 0.717) is 6.54 Å². The molecule has 24 heavy (non-hydrogen) atoms. The van der Waals surface area contributed by atoms with Crippen LogP contribution in [0, 0.1) is 0 Å². The van der Waals surface area contributed by atoms with E-state index in [1.54, 1.807) is 7.11 Å². The van der Waals surface area contributed by atoms with E-state index in [1.807, 2.05) is 65.5 Å². The van der Waals surface area contributed by atoms with Crippen LogP contribution in [0.1, 0.15) is 35.4 Å². The van der Waals surface area contributed by atoms with E-state index in [4.69, 9.17) is 4.74 Å². The summed E-state index contributed by atoms with van der Waals surface area (Å²) in [6.45, 7) is 2.72. The minimum Gasteiger partial charge on any atom is -0.497 e. The topological polar surface area (TPSA) is 47.3 Å². The molecule has 0 fully saturated rings. The summed E-state index contributed by atoms with van der Waals surface area (Å²) in [5.41, 5.74) is 3.83. The van der Waals surface area contributed by atoms with Gasteiger partial charge in [-0.1, -0.05) is 49.4 Å². The second-order valence-corrected chi connectivity index (χ2v) is 5.74. The summed E-state index contributed by atoms with van der Waals surface area (Å²) < 4.78 is 7.08. The number of aliphatic hydroxyl groups excluding tert-OH is 1. The molecule has 0 bridgehead atoms. The Bertz CT molecular complexity index is 779. The van der Waals surface area contributed by atoms with E-state index in [1.165, 1.54) is 0 Å². The van der Waals surface area contributed by atoms with Crippen molar-refractivity contribution in [2.24, 2.45) is 0 Å². The maximum absolute atomic E-state index is 10.7. The molecule has 3 aromatic rings. The standard InChI is InChI=1S/C20H22N2O2/c1-3-19-18(20(23)16-7-5-4-6-8-16)14-22(21-19)13-15-9-11-17(24-2)12-10-15/h4-12,14,20,23H,3,13H2,1-2H3. The Morgan fingerprint density at radius 1 is 1.08 bits per heavy atom. The van der Waals surface area contributed by atoms with Crippen molar-refractivity contribution in [3.63, 3.8) is 0 Å². The quantitative estimate of drug-likeness (QED) is 0.754. The summed E-state index contributed by atoms with van der Waals surface area (Å²) in [5.74, 6) is 0.841. The normalized spacial score (nSPS) is 12.1. The summed E-state index contributed by atoms with van der Waals surface area (Å²) in [7, 11) is 1.66. The van der Waals surface area contributed by atoms with Gasteiger partial charge in [0.1, 0.15) is 11.9 Å². The van der Waals surface area contributed by atoms with E-state index >= 15 is 0 Å². The monoisotopic (exact) mass is 322 g/mol. The van der Waals surface area contributed by atoms with Gasteiger partial charge in [0.15, 0.2) is 0 Å². The highest BCUT2D eigenvalue weighted by atomic mass is 16.5. The molecule has 1 N–H and O–H groups in total. The number of benzene rings is 2. The Balaban J connectivity index is 1.84. The smallest absolute Gasteiger partial charge is 0.118 e. The fraction of sp³-hybridized carbons (Fsp3) is 0.250. The lowest BCUT2D eigenvalue weighted by Gasteiger charge is -2.10. The molecule has 0 spiro atoms. The van der Waals surface area contributed by atoms with Crippen molar-refractivity contribution < 1.29 is 9.84 Å². The van der Waals surface area contributed by atoms with E-state index < -0.39 is 6.10 Å². The SMILES string of the molecule is CCc1nn(Cc2ccc(OC)cc2)cc1C(O)c1ccccc1. The van der Waals surface area contributed by atoms with Gasteiger partial charge in [0.2, 0.25) is 0 Å². The molecule has 3 rings (SSSR count). The highest BCUT2D eigenvalue weighted by Gasteiger charge is 2.17. The molecule has 2 aromatic carbocycles. The Morgan fingerprint density at radius 2 is 1.79 bits per heavy atom. The first-order chi connectivity index (χ1) is 11.7. The summed E-state index contributed by atoms with van der Waals surface area (Å²) in [6.07, 6.45) is 2.08. The predicted molar refractivity (Wildman–Crippen MR) is 94.2 cm³/mol. The van der Waals surface area contributed by atoms with Crippen molar-refractivity contribution >= 4 is 0 Å². The van der Waals surface area contributed by atoms with Gasteiger partial charge in [-0.2, -0.15) is 5.10 Å². The third-order valence-electron chi connectivity index (χ3n) is 4.12. The Labute approximate surface area is 142 Å². The molecule has 4 nitrogen and oxygen atoms in total. The van der Waals surface area contributed by atoms with Crippen LogP contribution in [0.2, 0.25) is 0 Å². The van der Waals surface area contributed by atoms with Crippen LogP contribution in [0.3, 0.4) is 0 Å². The maximum atomic E-state index is 10.7. The maximum Gasteiger partial charge on any atom is 0.118 e. The van der Waals surface area contributed by atoms with E-state index in [2.05, 4.69) is 12.0 Å². The van der Waals surface area contributed by atoms with Crippen molar-refractivity contribution in [1.82, 2.24) is 9.78 Å². The Hall–Kier alpha value is -2.59. The van der Waals surface area contributed by atoms with Crippen LogP contribution in [0.15, 0.2) is 60.8 Å². The first-order valence-corrected chi connectivity index (χ1v) is 8.13. The second kappa shape index (κ2) is 7.32. The lowest BCUT2D eigenvalue weighted by atomic mass is 10.0. The van der Waals surface area contributed by atoms with Gasteiger partial charge in [-0.05, 0) is 29.7 Å². The van der Waals surface area contributed by atoms with Crippen LogP contribution in [-0.4, -0.2) is 22.0 Å². The number of hydrogen-bond donors (Lipinski definition) is 1.